The number of nitrogens with zero attached hydrogens (tertiary/aromatic N) is 1. The monoisotopic (exact) mass is 225 g/mol. The fourth-order valence-corrected chi connectivity index (χ4v) is 1.32. The van der Waals surface area contributed by atoms with Gasteiger partial charge in [-0.25, -0.2) is 13.2 Å². The summed E-state index contributed by atoms with van der Waals surface area (Å²) in [6.45, 7) is 0.0729. The van der Waals surface area contributed by atoms with Crippen molar-refractivity contribution < 1.29 is 23.1 Å². The van der Waals surface area contributed by atoms with Crippen LogP contribution in [0.5, 0.6) is 0 Å². The van der Waals surface area contributed by atoms with Crippen LogP contribution < -0.4 is 0 Å². The largest absolute Gasteiger partial charge is 0.480 e. The van der Waals surface area contributed by atoms with E-state index in [1.54, 1.807) is 11.9 Å². The van der Waals surface area contributed by atoms with Crippen molar-refractivity contribution in [3.05, 3.63) is 0 Å². The Labute approximate surface area is 83.4 Å². The van der Waals surface area contributed by atoms with E-state index in [-0.39, 0.29) is 19.1 Å². The van der Waals surface area contributed by atoms with Crippen LogP contribution in [0.25, 0.3) is 0 Å². The third kappa shape index (κ3) is 9.43. The average molecular weight is 225 g/mol. The van der Waals surface area contributed by atoms with Crippen LogP contribution >= 0.6 is 0 Å². The Balaban J connectivity index is 3.56. The topological polar surface area (TPSA) is 83.9 Å². The zero-order valence-corrected chi connectivity index (χ0v) is 9.08. The van der Waals surface area contributed by atoms with Gasteiger partial charge < -0.3 is 9.84 Å². The summed E-state index contributed by atoms with van der Waals surface area (Å²) in [5.41, 5.74) is 0. The first-order valence-corrected chi connectivity index (χ1v) is 6.03. The minimum Gasteiger partial charge on any atom is -0.480 e. The third-order valence-electron chi connectivity index (χ3n) is 1.38. The van der Waals surface area contributed by atoms with Gasteiger partial charge in [0.25, 0.3) is 0 Å². The molecule has 0 aromatic heterocycles. The van der Waals surface area contributed by atoms with Crippen LogP contribution in [0.15, 0.2) is 0 Å². The molecule has 0 fully saturated rings. The SMILES string of the molecule is CN(CCS(C)(=O)=O)COCC(=O)O. The Morgan fingerprint density at radius 2 is 2.07 bits per heavy atom. The highest BCUT2D eigenvalue weighted by Crippen LogP contribution is 1.88. The zero-order valence-electron chi connectivity index (χ0n) is 8.26. The molecule has 0 unspecified atom stereocenters. The van der Waals surface area contributed by atoms with Gasteiger partial charge in [0, 0.05) is 12.8 Å². The lowest BCUT2D eigenvalue weighted by Gasteiger charge is -2.14. The van der Waals surface area contributed by atoms with Gasteiger partial charge in [-0.3, -0.25) is 4.90 Å². The van der Waals surface area contributed by atoms with Gasteiger partial charge in [-0.2, -0.15) is 0 Å². The van der Waals surface area contributed by atoms with Gasteiger partial charge in [-0.15, -0.1) is 0 Å². The molecule has 1 N–H and O–H groups in total. The summed E-state index contributed by atoms with van der Waals surface area (Å²) >= 11 is 0. The summed E-state index contributed by atoms with van der Waals surface area (Å²) in [5.74, 6) is -0.999. The van der Waals surface area contributed by atoms with Crippen molar-refractivity contribution in [3.63, 3.8) is 0 Å². The van der Waals surface area contributed by atoms with E-state index < -0.39 is 15.8 Å². The summed E-state index contributed by atoms with van der Waals surface area (Å²) in [5, 5.41) is 8.25. The number of carboxylic acids is 1. The minimum absolute atomic E-state index is 0.0416. The van der Waals surface area contributed by atoms with Crippen molar-refractivity contribution >= 4 is 15.8 Å². The zero-order chi connectivity index (χ0) is 11.2. The Hall–Kier alpha value is -0.660. The van der Waals surface area contributed by atoms with Crippen molar-refractivity contribution in [1.82, 2.24) is 4.90 Å². The van der Waals surface area contributed by atoms with Crippen LogP contribution in [0, 0.1) is 0 Å². The molecule has 84 valence electrons. The van der Waals surface area contributed by atoms with Crippen LogP contribution in [-0.4, -0.2) is 63.3 Å². The van der Waals surface area contributed by atoms with E-state index in [0.29, 0.717) is 6.54 Å². The van der Waals surface area contributed by atoms with E-state index in [1.807, 2.05) is 0 Å². The minimum atomic E-state index is -2.97. The second-order valence-electron chi connectivity index (χ2n) is 3.08. The van der Waals surface area contributed by atoms with Gasteiger partial charge in [-0.1, -0.05) is 0 Å². The molecule has 0 rings (SSSR count). The number of hydrogen-bond donors (Lipinski definition) is 1. The number of carboxylic acid groups (broad SMARTS) is 1. The maximum absolute atomic E-state index is 10.8. The van der Waals surface area contributed by atoms with Gasteiger partial charge in [0.1, 0.15) is 16.4 Å². The van der Waals surface area contributed by atoms with Crippen LogP contribution in [0.3, 0.4) is 0 Å². The maximum atomic E-state index is 10.8. The Kier molecular flexibility index (Phi) is 5.66. The van der Waals surface area contributed by atoms with E-state index in [2.05, 4.69) is 0 Å². The predicted molar refractivity (Wildman–Crippen MR) is 50.8 cm³/mol. The molecule has 0 amide bonds. The Morgan fingerprint density at radius 3 is 2.50 bits per heavy atom. The quantitative estimate of drug-likeness (QED) is 0.561. The number of hydrogen-bond acceptors (Lipinski definition) is 5. The van der Waals surface area contributed by atoms with Gasteiger partial charge in [0.2, 0.25) is 0 Å². The molecule has 14 heavy (non-hydrogen) atoms. The molecule has 0 heterocycles. The van der Waals surface area contributed by atoms with E-state index in [0.717, 1.165) is 6.26 Å². The van der Waals surface area contributed by atoms with Gasteiger partial charge in [0.05, 0.1) is 12.5 Å². The fourth-order valence-electron chi connectivity index (χ4n) is 0.675. The number of carbonyl (C=O) groups is 1. The third-order valence-corrected chi connectivity index (χ3v) is 2.31. The summed E-state index contributed by atoms with van der Waals surface area (Å²) in [6, 6.07) is 0. The lowest BCUT2D eigenvalue weighted by Crippen LogP contribution is -2.28. The highest BCUT2D eigenvalue weighted by Gasteiger charge is 2.05. The van der Waals surface area contributed by atoms with Crippen LogP contribution in [0.2, 0.25) is 0 Å². The molecule has 7 heteroatoms. The number of sulfone groups is 1. The van der Waals surface area contributed by atoms with E-state index in [9.17, 15) is 13.2 Å². The highest BCUT2D eigenvalue weighted by molar-refractivity contribution is 7.90. The van der Waals surface area contributed by atoms with Crippen LogP contribution in [0.4, 0.5) is 0 Å². The lowest BCUT2D eigenvalue weighted by atomic mass is 10.6. The van der Waals surface area contributed by atoms with Crippen molar-refractivity contribution in [2.24, 2.45) is 0 Å². The smallest absolute Gasteiger partial charge is 0.329 e. The molecule has 0 saturated heterocycles. The number of aliphatic carboxylic acids is 1. The van der Waals surface area contributed by atoms with Gasteiger partial charge in [-0.05, 0) is 7.05 Å². The normalized spacial score (nSPS) is 11.9. The molecule has 0 aromatic rings. The summed E-state index contributed by atoms with van der Waals surface area (Å²) in [6.07, 6.45) is 1.15. The average Bonchev–Trinajstić information content (AvgIpc) is 1.99. The molecule has 0 atom stereocenters. The molecule has 6 nitrogen and oxygen atoms in total. The molecule has 0 radical (unpaired) electrons. The number of rotatable bonds is 7. The van der Waals surface area contributed by atoms with Crippen molar-refractivity contribution in [3.8, 4) is 0 Å². The Bertz CT molecular complexity index is 274. The molecule has 0 aromatic carbocycles. The summed E-state index contributed by atoms with van der Waals surface area (Å²) < 4.78 is 26.3. The molecule has 0 bridgehead atoms. The van der Waals surface area contributed by atoms with E-state index >= 15 is 0 Å². The maximum Gasteiger partial charge on any atom is 0.329 e. The summed E-state index contributed by atoms with van der Waals surface area (Å²) in [4.78, 5) is 11.7. The molecule has 0 spiro atoms. The molecule has 0 aliphatic rings. The first-order chi connectivity index (χ1) is 6.31. The van der Waals surface area contributed by atoms with Crippen molar-refractivity contribution in [1.29, 1.82) is 0 Å². The standard InChI is InChI=1S/C7H15NO5S/c1-8(3-4-14(2,11)12)6-13-5-7(9)10/h3-6H2,1-2H3,(H,9,10). The van der Waals surface area contributed by atoms with E-state index in [1.165, 1.54) is 0 Å². The van der Waals surface area contributed by atoms with Crippen LogP contribution in [0.1, 0.15) is 0 Å². The number of ether oxygens (including phenoxy) is 1. The molecular weight excluding hydrogens is 210 g/mol. The fraction of sp³-hybridized carbons (Fsp3) is 0.857. The lowest BCUT2D eigenvalue weighted by molar-refractivity contribution is -0.143. The summed E-state index contributed by atoms with van der Waals surface area (Å²) in [7, 11) is -1.31. The predicted octanol–water partition coefficient (Wildman–Crippen LogP) is -0.978. The second-order valence-corrected chi connectivity index (χ2v) is 5.34. The highest BCUT2D eigenvalue weighted by atomic mass is 32.2. The second kappa shape index (κ2) is 5.94. The van der Waals surface area contributed by atoms with Crippen molar-refractivity contribution in [2.45, 2.75) is 0 Å². The molecule has 0 aliphatic heterocycles. The van der Waals surface area contributed by atoms with Crippen LogP contribution in [-0.2, 0) is 19.4 Å². The molecular formula is C7H15NO5S. The Morgan fingerprint density at radius 1 is 1.50 bits per heavy atom. The van der Waals surface area contributed by atoms with Gasteiger partial charge in [0.15, 0.2) is 0 Å². The molecule has 0 saturated carbocycles. The first-order valence-electron chi connectivity index (χ1n) is 3.97. The van der Waals surface area contributed by atoms with E-state index in [4.69, 9.17) is 9.84 Å². The molecule has 0 aliphatic carbocycles. The van der Waals surface area contributed by atoms with Gasteiger partial charge >= 0.3 is 5.97 Å². The first kappa shape index (κ1) is 13.3. The van der Waals surface area contributed by atoms with Crippen molar-refractivity contribution in [2.75, 3.05) is 38.9 Å².